The number of methoxy groups -OCH3 is 1. The number of anilines is 1. The standard InChI is InChI=1S/C15H24BrN3O/c1-14(2,3)13-18-11(16)8-12(19-13)17-9-7-10(20-6)15(9,4)5/h8-10H,7H2,1-6H3,(H,17,18,19). The van der Waals surface area contributed by atoms with Crippen LogP contribution in [-0.2, 0) is 10.2 Å². The number of halogens is 1. The third-order valence-corrected chi connectivity index (χ3v) is 4.56. The van der Waals surface area contributed by atoms with E-state index in [0.717, 1.165) is 22.7 Å². The molecule has 2 unspecified atom stereocenters. The smallest absolute Gasteiger partial charge is 0.137 e. The molecule has 2 rings (SSSR count). The lowest BCUT2D eigenvalue weighted by atomic mass is 9.64. The Labute approximate surface area is 129 Å². The number of rotatable bonds is 3. The molecule has 1 heterocycles. The normalized spacial score (nSPS) is 25.1. The largest absolute Gasteiger partial charge is 0.381 e. The van der Waals surface area contributed by atoms with Crippen LogP contribution in [0.15, 0.2) is 10.7 Å². The van der Waals surface area contributed by atoms with Gasteiger partial charge in [0.15, 0.2) is 0 Å². The monoisotopic (exact) mass is 341 g/mol. The van der Waals surface area contributed by atoms with Gasteiger partial charge in [0.1, 0.15) is 16.2 Å². The summed E-state index contributed by atoms with van der Waals surface area (Å²) in [6.07, 6.45) is 1.32. The Kier molecular flexibility index (Phi) is 4.13. The van der Waals surface area contributed by atoms with Gasteiger partial charge in [-0.25, -0.2) is 9.97 Å². The van der Waals surface area contributed by atoms with E-state index in [0.29, 0.717) is 12.1 Å². The zero-order valence-electron chi connectivity index (χ0n) is 13.1. The summed E-state index contributed by atoms with van der Waals surface area (Å²) < 4.78 is 6.31. The maximum atomic E-state index is 5.49. The second kappa shape index (κ2) is 5.26. The van der Waals surface area contributed by atoms with E-state index in [1.807, 2.05) is 6.07 Å². The Morgan fingerprint density at radius 3 is 2.50 bits per heavy atom. The molecule has 1 fully saturated rings. The molecule has 1 aromatic heterocycles. The fraction of sp³-hybridized carbons (Fsp3) is 0.733. The Hall–Kier alpha value is -0.680. The Balaban J connectivity index is 2.17. The van der Waals surface area contributed by atoms with E-state index in [-0.39, 0.29) is 10.8 Å². The van der Waals surface area contributed by atoms with Crippen LogP contribution in [-0.4, -0.2) is 29.2 Å². The van der Waals surface area contributed by atoms with Crippen molar-refractivity contribution in [2.24, 2.45) is 5.41 Å². The second-order valence-corrected chi connectivity index (χ2v) is 7.94. The molecule has 2 atom stereocenters. The van der Waals surface area contributed by atoms with Crippen molar-refractivity contribution in [1.29, 1.82) is 0 Å². The lowest BCUT2D eigenvalue weighted by Crippen LogP contribution is -2.57. The number of nitrogens with one attached hydrogen (secondary N) is 1. The van der Waals surface area contributed by atoms with Crippen molar-refractivity contribution in [2.45, 2.75) is 58.6 Å². The van der Waals surface area contributed by atoms with Gasteiger partial charge in [-0.3, -0.25) is 0 Å². The summed E-state index contributed by atoms with van der Waals surface area (Å²) in [4.78, 5) is 9.11. The van der Waals surface area contributed by atoms with Gasteiger partial charge in [0, 0.05) is 30.0 Å². The third-order valence-electron chi connectivity index (χ3n) is 4.15. The molecule has 0 amide bonds. The molecule has 0 aromatic carbocycles. The molecule has 1 aromatic rings. The predicted molar refractivity (Wildman–Crippen MR) is 85.0 cm³/mol. The van der Waals surface area contributed by atoms with Crippen LogP contribution in [0.3, 0.4) is 0 Å². The quantitative estimate of drug-likeness (QED) is 0.850. The highest BCUT2D eigenvalue weighted by atomic mass is 79.9. The number of hydrogen-bond acceptors (Lipinski definition) is 4. The summed E-state index contributed by atoms with van der Waals surface area (Å²) in [7, 11) is 1.78. The number of hydrogen-bond donors (Lipinski definition) is 1. The molecule has 0 aliphatic heterocycles. The van der Waals surface area contributed by atoms with E-state index in [4.69, 9.17) is 4.74 Å². The zero-order valence-corrected chi connectivity index (χ0v) is 14.7. The molecule has 1 saturated carbocycles. The first kappa shape index (κ1) is 15.7. The molecule has 0 bridgehead atoms. The van der Waals surface area contributed by atoms with E-state index in [9.17, 15) is 0 Å². The van der Waals surface area contributed by atoms with Gasteiger partial charge in [-0.2, -0.15) is 0 Å². The SMILES string of the molecule is COC1CC(Nc2cc(Br)nc(C(C)(C)C)n2)C1(C)C. The van der Waals surface area contributed by atoms with Crippen LogP contribution in [0.25, 0.3) is 0 Å². The van der Waals surface area contributed by atoms with Crippen LogP contribution >= 0.6 is 15.9 Å². The molecular weight excluding hydrogens is 318 g/mol. The minimum atomic E-state index is -0.0651. The van der Waals surface area contributed by atoms with E-state index in [2.05, 4.69) is 65.8 Å². The number of aromatic nitrogens is 2. The first-order valence-electron chi connectivity index (χ1n) is 6.99. The van der Waals surface area contributed by atoms with Gasteiger partial charge in [-0.15, -0.1) is 0 Å². The topological polar surface area (TPSA) is 47.0 Å². The molecule has 112 valence electrons. The maximum absolute atomic E-state index is 5.49. The Morgan fingerprint density at radius 2 is 2.00 bits per heavy atom. The molecule has 4 nitrogen and oxygen atoms in total. The van der Waals surface area contributed by atoms with Gasteiger partial charge in [-0.05, 0) is 22.4 Å². The van der Waals surface area contributed by atoms with Gasteiger partial charge in [0.25, 0.3) is 0 Å². The third kappa shape index (κ3) is 2.98. The van der Waals surface area contributed by atoms with Gasteiger partial charge < -0.3 is 10.1 Å². The van der Waals surface area contributed by atoms with Crippen molar-refractivity contribution in [3.8, 4) is 0 Å². The molecule has 0 saturated heterocycles. The minimum Gasteiger partial charge on any atom is -0.381 e. The van der Waals surface area contributed by atoms with Crippen molar-refractivity contribution >= 4 is 21.7 Å². The summed E-state index contributed by atoms with van der Waals surface area (Å²) in [5.41, 5.74) is 0.0540. The average Bonchev–Trinajstić information content (AvgIpc) is 2.32. The lowest BCUT2D eigenvalue weighted by Gasteiger charge is -2.51. The van der Waals surface area contributed by atoms with Crippen LogP contribution in [0.4, 0.5) is 5.82 Å². The highest BCUT2D eigenvalue weighted by Crippen LogP contribution is 2.44. The summed E-state index contributed by atoms with van der Waals surface area (Å²) >= 11 is 3.47. The van der Waals surface area contributed by atoms with Gasteiger partial charge in [-0.1, -0.05) is 34.6 Å². The fourth-order valence-electron chi connectivity index (χ4n) is 2.54. The molecule has 20 heavy (non-hydrogen) atoms. The van der Waals surface area contributed by atoms with Gasteiger partial charge >= 0.3 is 0 Å². The van der Waals surface area contributed by atoms with Crippen LogP contribution in [0.1, 0.15) is 46.9 Å². The number of nitrogens with zero attached hydrogens (tertiary/aromatic N) is 2. The summed E-state index contributed by atoms with van der Waals surface area (Å²) in [6.45, 7) is 10.8. The van der Waals surface area contributed by atoms with Gasteiger partial charge in [0.05, 0.1) is 6.10 Å². The fourth-order valence-corrected chi connectivity index (χ4v) is 2.92. The highest BCUT2D eigenvalue weighted by molar-refractivity contribution is 9.10. The van der Waals surface area contributed by atoms with Crippen molar-refractivity contribution in [2.75, 3.05) is 12.4 Å². The maximum Gasteiger partial charge on any atom is 0.137 e. The summed E-state index contributed by atoms with van der Waals surface area (Å²) in [5.74, 6) is 1.72. The molecule has 1 aliphatic rings. The van der Waals surface area contributed by atoms with E-state index < -0.39 is 0 Å². The average molecular weight is 342 g/mol. The molecule has 1 N–H and O–H groups in total. The van der Waals surface area contributed by atoms with Crippen molar-refractivity contribution in [3.05, 3.63) is 16.5 Å². The predicted octanol–water partition coefficient (Wildman–Crippen LogP) is 3.76. The second-order valence-electron chi connectivity index (χ2n) is 7.13. The molecule has 0 radical (unpaired) electrons. The first-order chi connectivity index (χ1) is 9.14. The van der Waals surface area contributed by atoms with Crippen molar-refractivity contribution in [1.82, 2.24) is 9.97 Å². The van der Waals surface area contributed by atoms with Crippen LogP contribution in [0.2, 0.25) is 0 Å². The lowest BCUT2D eigenvalue weighted by molar-refractivity contribution is -0.0795. The van der Waals surface area contributed by atoms with Gasteiger partial charge in [0.2, 0.25) is 0 Å². The summed E-state index contributed by atoms with van der Waals surface area (Å²) in [5, 5.41) is 3.53. The van der Waals surface area contributed by atoms with Crippen molar-refractivity contribution < 1.29 is 4.74 Å². The molecule has 1 aliphatic carbocycles. The first-order valence-corrected chi connectivity index (χ1v) is 7.78. The van der Waals surface area contributed by atoms with Crippen LogP contribution in [0.5, 0.6) is 0 Å². The number of ether oxygens (including phenoxy) is 1. The van der Waals surface area contributed by atoms with E-state index >= 15 is 0 Å². The van der Waals surface area contributed by atoms with E-state index in [1.54, 1.807) is 7.11 Å². The van der Waals surface area contributed by atoms with E-state index in [1.165, 1.54) is 0 Å². The van der Waals surface area contributed by atoms with Crippen LogP contribution < -0.4 is 5.32 Å². The molecular formula is C15H24BrN3O. The Bertz CT molecular complexity index is 496. The highest BCUT2D eigenvalue weighted by Gasteiger charge is 2.48. The molecule has 5 heteroatoms. The zero-order chi connectivity index (χ0) is 15.1. The van der Waals surface area contributed by atoms with Crippen LogP contribution in [0, 0.1) is 5.41 Å². The summed E-state index contributed by atoms with van der Waals surface area (Å²) in [6, 6.07) is 2.31. The Morgan fingerprint density at radius 1 is 1.35 bits per heavy atom. The minimum absolute atomic E-state index is 0.0651. The molecule has 0 spiro atoms. The van der Waals surface area contributed by atoms with Crippen molar-refractivity contribution in [3.63, 3.8) is 0 Å².